The average Bonchev–Trinajstić information content (AvgIpc) is 2.92. The van der Waals surface area contributed by atoms with Crippen molar-refractivity contribution in [3.63, 3.8) is 0 Å². The zero-order valence-corrected chi connectivity index (χ0v) is 13.6. The first-order valence-corrected chi connectivity index (χ1v) is 7.92. The van der Waals surface area contributed by atoms with E-state index in [1.165, 1.54) is 0 Å². The molecule has 4 rings (SSSR count). The Bertz CT molecular complexity index is 1080. The summed E-state index contributed by atoms with van der Waals surface area (Å²) in [6.45, 7) is 3.97. The van der Waals surface area contributed by atoms with Gasteiger partial charge in [-0.05, 0) is 43.7 Å². The fourth-order valence-corrected chi connectivity index (χ4v) is 3.07. The Labute approximate surface area is 139 Å². The summed E-state index contributed by atoms with van der Waals surface area (Å²) in [5.74, 6) is -0.108. The summed E-state index contributed by atoms with van der Waals surface area (Å²) in [6, 6.07) is 19.5. The van der Waals surface area contributed by atoms with Crippen LogP contribution in [0, 0.1) is 13.8 Å². The summed E-state index contributed by atoms with van der Waals surface area (Å²) >= 11 is 0. The summed E-state index contributed by atoms with van der Waals surface area (Å²) in [5, 5.41) is 5.09. The molecule has 0 aliphatic carbocycles. The highest BCUT2D eigenvalue weighted by Gasteiger charge is 2.11. The van der Waals surface area contributed by atoms with Crippen LogP contribution < -0.4 is 5.32 Å². The molecule has 0 saturated heterocycles. The second kappa shape index (κ2) is 5.53. The van der Waals surface area contributed by atoms with Crippen molar-refractivity contribution in [2.45, 2.75) is 13.8 Å². The lowest BCUT2D eigenvalue weighted by Gasteiger charge is -2.08. The number of nitrogens with one attached hydrogen (secondary N) is 1. The average molecular weight is 315 g/mol. The molecule has 118 valence electrons. The largest absolute Gasteiger partial charge is 0.456 e. The minimum Gasteiger partial charge on any atom is -0.456 e. The van der Waals surface area contributed by atoms with Gasteiger partial charge in [-0.1, -0.05) is 35.9 Å². The second-order valence-electron chi connectivity index (χ2n) is 6.08. The van der Waals surface area contributed by atoms with Gasteiger partial charge < -0.3 is 9.73 Å². The number of benzene rings is 3. The van der Waals surface area contributed by atoms with Crippen molar-refractivity contribution in [2.75, 3.05) is 5.32 Å². The quantitative estimate of drug-likeness (QED) is 0.534. The van der Waals surface area contributed by atoms with Crippen molar-refractivity contribution in [3.05, 3.63) is 77.4 Å². The van der Waals surface area contributed by atoms with Crippen molar-refractivity contribution < 1.29 is 9.21 Å². The van der Waals surface area contributed by atoms with Gasteiger partial charge in [0.2, 0.25) is 0 Å². The number of carbonyl (C=O) groups excluding carboxylic acids is 1. The van der Waals surface area contributed by atoms with Gasteiger partial charge in [-0.2, -0.15) is 0 Å². The Kier molecular flexibility index (Phi) is 3.35. The number of carbonyl (C=O) groups is 1. The van der Waals surface area contributed by atoms with Crippen LogP contribution in [0.15, 0.2) is 65.1 Å². The summed E-state index contributed by atoms with van der Waals surface area (Å²) in [6.07, 6.45) is 0. The molecule has 3 heteroatoms. The van der Waals surface area contributed by atoms with Gasteiger partial charge in [-0.15, -0.1) is 0 Å². The molecule has 0 aliphatic heterocycles. The third-order valence-electron chi connectivity index (χ3n) is 4.26. The molecule has 0 aliphatic rings. The van der Waals surface area contributed by atoms with Gasteiger partial charge in [-0.3, -0.25) is 4.79 Å². The molecule has 1 N–H and O–H groups in total. The lowest BCUT2D eigenvalue weighted by Crippen LogP contribution is -2.13. The normalized spacial score (nSPS) is 11.1. The van der Waals surface area contributed by atoms with E-state index in [1.54, 1.807) is 0 Å². The molecule has 0 saturated carbocycles. The summed E-state index contributed by atoms with van der Waals surface area (Å²) in [4.78, 5) is 12.5. The third-order valence-corrected chi connectivity index (χ3v) is 4.26. The van der Waals surface area contributed by atoms with Crippen LogP contribution in [-0.4, -0.2) is 5.91 Å². The molecular weight excluding hydrogens is 298 g/mol. The zero-order chi connectivity index (χ0) is 16.7. The highest BCUT2D eigenvalue weighted by Crippen LogP contribution is 2.30. The Morgan fingerprint density at radius 3 is 2.50 bits per heavy atom. The number of amides is 1. The number of anilines is 1. The summed E-state index contributed by atoms with van der Waals surface area (Å²) in [7, 11) is 0. The fraction of sp³-hybridized carbons (Fsp3) is 0.0952. The number of fused-ring (bicyclic) bond motifs is 3. The SMILES string of the molecule is Cc1ccc(C(=O)Nc2ccc3c(c2)oc2ccccc23)c(C)c1. The maximum absolute atomic E-state index is 12.5. The molecule has 0 unspecified atom stereocenters. The van der Waals surface area contributed by atoms with Crippen molar-refractivity contribution >= 4 is 33.5 Å². The number of aryl methyl sites for hydroxylation is 2. The molecule has 1 amide bonds. The standard InChI is InChI=1S/C21H17NO2/c1-13-7-9-16(14(2)11-13)21(23)22-15-8-10-18-17-5-3-4-6-19(17)24-20(18)12-15/h3-12H,1-2H3,(H,22,23). The molecule has 0 bridgehead atoms. The molecule has 24 heavy (non-hydrogen) atoms. The van der Waals surface area contributed by atoms with Crippen LogP contribution in [0.25, 0.3) is 21.9 Å². The molecular formula is C21H17NO2. The number of hydrogen-bond acceptors (Lipinski definition) is 2. The van der Waals surface area contributed by atoms with Crippen LogP contribution in [0.5, 0.6) is 0 Å². The van der Waals surface area contributed by atoms with Crippen molar-refractivity contribution in [1.29, 1.82) is 0 Å². The molecule has 0 fully saturated rings. The van der Waals surface area contributed by atoms with Gasteiger partial charge in [0.1, 0.15) is 11.2 Å². The van der Waals surface area contributed by atoms with Gasteiger partial charge in [0.05, 0.1) is 0 Å². The van der Waals surface area contributed by atoms with Gasteiger partial charge >= 0.3 is 0 Å². The van der Waals surface area contributed by atoms with Gasteiger partial charge in [0, 0.05) is 28.1 Å². The van der Waals surface area contributed by atoms with E-state index in [1.807, 2.05) is 74.5 Å². The summed E-state index contributed by atoms with van der Waals surface area (Å²) in [5.41, 5.74) is 5.15. The van der Waals surface area contributed by atoms with E-state index in [0.29, 0.717) is 5.56 Å². The fourth-order valence-electron chi connectivity index (χ4n) is 3.07. The molecule has 0 atom stereocenters. The predicted octanol–water partition coefficient (Wildman–Crippen LogP) is 5.46. The highest BCUT2D eigenvalue weighted by molar-refractivity contribution is 6.08. The van der Waals surface area contributed by atoms with Crippen LogP contribution >= 0.6 is 0 Å². The molecule has 0 spiro atoms. The number of rotatable bonds is 2. The van der Waals surface area contributed by atoms with E-state index < -0.39 is 0 Å². The van der Waals surface area contributed by atoms with Crippen molar-refractivity contribution in [2.24, 2.45) is 0 Å². The minimum absolute atomic E-state index is 0.108. The van der Waals surface area contributed by atoms with Crippen LogP contribution in [-0.2, 0) is 0 Å². The number of para-hydroxylation sites is 1. The molecule has 3 aromatic carbocycles. The van der Waals surface area contributed by atoms with Crippen LogP contribution in [0.2, 0.25) is 0 Å². The van der Waals surface area contributed by atoms with E-state index in [0.717, 1.165) is 38.8 Å². The van der Waals surface area contributed by atoms with Gasteiger partial charge in [0.25, 0.3) is 5.91 Å². The first-order chi connectivity index (χ1) is 11.6. The molecule has 3 nitrogen and oxygen atoms in total. The second-order valence-corrected chi connectivity index (χ2v) is 6.08. The Morgan fingerprint density at radius 1 is 0.875 bits per heavy atom. The van der Waals surface area contributed by atoms with Crippen molar-refractivity contribution in [1.82, 2.24) is 0 Å². The van der Waals surface area contributed by atoms with E-state index in [9.17, 15) is 4.79 Å². The van der Waals surface area contributed by atoms with Crippen LogP contribution in [0.3, 0.4) is 0 Å². The molecule has 1 aromatic heterocycles. The lowest BCUT2D eigenvalue weighted by atomic mass is 10.1. The Balaban J connectivity index is 1.69. The molecule has 0 radical (unpaired) electrons. The smallest absolute Gasteiger partial charge is 0.255 e. The topological polar surface area (TPSA) is 42.2 Å². The number of furan rings is 1. The monoisotopic (exact) mass is 315 g/mol. The Hall–Kier alpha value is -3.07. The molecule has 1 heterocycles. The van der Waals surface area contributed by atoms with Gasteiger partial charge in [0.15, 0.2) is 0 Å². The highest BCUT2D eigenvalue weighted by atomic mass is 16.3. The van der Waals surface area contributed by atoms with Gasteiger partial charge in [-0.25, -0.2) is 0 Å². The van der Waals surface area contributed by atoms with E-state index in [2.05, 4.69) is 5.32 Å². The zero-order valence-electron chi connectivity index (χ0n) is 13.6. The van der Waals surface area contributed by atoms with E-state index in [4.69, 9.17) is 4.42 Å². The van der Waals surface area contributed by atoms with E-state index >= 15 is 0 Å². The lowest BCUT2D eigenvalue weighted by molar-refractivity contribution is 0.102. The summed E-state index contributed by atoms with van der Waals surface area (Å²) < 4.78 is 5.87. The minimum atomic E-state index is -0.108. The van der Waals surface area contributed by atoms with Crippen molar-refractivity contribution in [3.8, 4) is 0 Å². The maximum atomic E-state index is 12.5. The van der Waals surface area contributed by atoms with Crippen LogP contribution in [0.1, 0.15) is 21.5 Å². The first-order valence-electron chi connectivity index (χ1n) is 7.92. The molecule has 4 aromatic rings. The first kappa shape index (κ1) is 14.5. The Morgan fingerprint density at radius 2 is 1.67 bits per heavy atom. The predicted molar refractivity (Wildman–Crippen MR) is 97.6 cm³/mol. The maximum Gasteiger partial charge on any atom is 0.255 e. The number of hydrogen-bond donors (Lipinski definition) is 1. The third kappa shape index (κ3) is 2.44. The van der Waals surface area contributed by atoms with Crippen LogP contribution in [0.4, 0.5) is 5.69 Å². The van der Waals surface area contributed by atoms with E-state index in [-0.39, 0.29) is 5.91 Å².